The van der Waals surface area contributed by atoms with Crippen LogP contribution >= 0.6 is 12.2 Å². The highest BCUT2D eigenvalue weighted by Gasteiger charge is 2.18. The van der Waals surface area contributed by atoms with Gasteiger partial charge in [-0.15, -0.1) is 0 Å². The van der Waals surface area contributed by atoms with Crippen LogP contribution in [0.15, 0.2) is 23.1 Å². The number of benzene rings is 1. The van der Waals surface area contributed by atoms with Crippen molar-refractivity contribution in [1.82, 2.24) is 9.55 Å². The quantitative estimate of drug-likeness (QED) is 0.876. The largest absolute Gasteiger partial charge is 0.329 e. The minimum absolute atomic E-state index is 0.228. The Labute approximate surface area is 124 Å². The topological polar surface area (TPSA) is 54.9 Å². The molecule has 0 spiro atoms. The maximum atomic E-state index is 11.9. The number of aromatic nitrogens is 2. The fraction of sp³-hybridized carbons (Fsp3) is 0.500. The highest BCUT2D eigenvalue weighted by molar-refractivity contribution is 7.91. The number of imidazole rings is 1. The summed E-state index contributed by atoms with van der Waals surface area (Å²) in [5.74, 6) is 0.551. The van der Waals surface area contributed by atoms with Crippen LogP contribution < -0.4 is 0 Å². The summed E-state index contributed by atoms with van der Waals surface area (Å²) in [7, 11) is -3.27. The maximum Gasteiger partial charge on any atom is 0.178 e. The van der Waals surface area contributed by atoms with Crippen molar-refractivity contribution in [3.63, 3.8) is 0 Å². The van der Waals surface area contributed by atoms with Crippen molar-refractivity contribution in [2.45, 2.75) is 38.1 Å². The number of fused-ring (bicyclic) bond motifs is 1. The molecule has 1 N–H and O–H groups in total. The monoisotopic (exact) mass is 312 g/mol. The Hall–Kier alpha value is -1.14. The molecule has 1 atom stereocenters. The van der Waals surface area contributed by atoms with Crippen molar-refractivity contribution < 1.29 is 8.42 Å². The fourth-order valence-corrected chi connectivity index (χ4v) is 3.89. The van der Waals surface area contributed by atoms with E-state index in [1.165, 1.54) is 6.26 Å². The molecule has 6 heteroatoms. The molecule has 0 aliphatic rings. The molecule has 0 fully saturated rings. The van der Waals surface area contributed by atoms with E-state index < -0.39 is 9.84 Å². The Kier molecular flexibility index (Phi) is 4.07. The first-order valence-corrected chi connectivity index (χ1v) is 8.95. The number of aromatic amines is 1. The molecule has 0 aliphatic heterocycles. The van der Waals surface area contributed by atoms with Crippen LogP contribution in [-0.4, -0.2) is 24.2 Å². The van der Waals surface area contributed by atoms with Gasteiger partial charge >= 0.3 is 0 Å². The van der Waals surface area contributed by atoms with Crippen LogP contribution in [0.2, 0.25) is 0 Å². The van der Waals surface area contributed by atoms with Gasteiger partial charge in [0.1, 0.15) is 0 Å². The van der Waals surface area contributed by atoms with Gasteiger partial charge in [0.05, 0.1) is 15.9 Å². The summed E-state index contributed by atoms with van der Waals surface area (Å²) >= 11 is 5.38. The van der Waals surface area contributed by atoms with Gasteiger partial charge in [-0.05, 0) is 43.6 Å². The molecule has 0 saturated heterocycles. The van der Waals surface area contributed by atoms with Crippen LogP contribution in [0.25, 0.3) is 11.0 Å². The molecule has 2 aromatic rings. The van der Waals surface area contributed by atoms with Gasteiger partial charge in [-0.25, -0.2) is 8.42 Å². The summed E-state index contributed by atoms with van der Waals surface area (Å²) in [6.45, 7) is 6.43. The summed E-state index contributed by atoms with van der Waals surface area (Å²) in [6, 6.07) is 5.51. The Morgan fingerprint density at radius 2 is 1.95 bits per heavy atom. The number of para-hydroxylation sites is 1. The smallest absolute Gasteiger partial charge is 0.178 e. The van der Waals surface area contributed by atoms with Crippen molar-refractivity contribution in [3.05, 3.63) is 23.0 Å². The van der Waals surface area contributed by atoms with E-state index in [0.717, 1.165) is 11.9 Å². The van der Waals surface area contributed by atoms with E-state index in [-0.39, 0.29) is 6.04 Å². The van der Waals surface area contributed by atoms with Crippen molar-refractivity contribution >= 4 is 33.1 Å². The van der Waals surface area contributed by atoms with E-state index in [9.17, 15) is 8.42 Å². The van der Waals surface area contributed by atoms with Crippen LogP contribution in [0, 0.1) is 10.7 Å². The normalized spacial score (nSPS) is 14.1. The van der Waals surface area contributed by atoms with Gasteiger partial charge in [-0.1, -0.05) is 19.9 Å². The van der Waals surface area contributed by atoms with E-state index in [4.69, 9.17) is 12.2 Å². The summed E-state index contributed by atoms with van der Waals surface area (Å²) in [5, 5.41) is 0. The van der Waals surface area contributed by atoms with Gasteiger partial charge in [0, 0.05) is 12.3 Å². The third kappa shape index (κ3) is 2.81. The molecular weight excluding hydrogens is 292 g/mol. The van der Waals surface area contributed by atoms with Crippen molar-refractivity contribution in [2.75, 3.05) is 6.26 Å². The summed E-state index contributed by atoms with van der Waals surface area (Å²) in [6.07, 6.45) is 2.21. The fourth-order valence-electron chi connectivity index (χ4n) is 2.66. The number of rotatable bonds is 4. The van der Waals surface area contributed by atoms with E-state index in [2.05, 4.69) is 25.8 Å². The van der Waals surface area contributed by atoms with Crippen LogP contribution in [0.4, 0.5) is 0 Å². The molecule has 0 aliphatic carbocycles. The van der Waals surface area contributed by atoms with Gasteiger partial charge < -0.3 is 9.55 Å². The molecule has 2 rings (SSSR count). The molecule has 1 unspecified atom stereocenters. The third-order valence-corrected chi connectivity index (χ3v) is 4.81. The number of hydrogen-bond acceptors (Lipinski definition) is 3. The third-order valence-electron chi connectivity index (χ3n) is 3.37. The van der Waals surface area contributed by atoms with E-state index in [0.29, 0.717) is 21.1 Å². The SMILES string of the molecule is CC(C)CC(C)n1c(=S)[nH]c2c(S(C)(=O)=O)cccc21. The lowest BCUT2D eigenvalue weighted by molar-refractivity contribution is 0.432. The predicted molar refractivity (Wildman–Crippen MR) is 84.4 cm³/mol. The molecule has 1 aromatic carbocycles. The van der Waals surface area contributed by atoms with Crippen LogP contribution in [0.3, 0.4) is 0 Å². The Morgan fingerprint density at radius 1 is 1.30 bits per heavy atom. The van der Waals surface area contributed by atoms with Crippen LogP contribution in [-0.2, 0) is 9.84 Å². The van der Waals surface area contributed by atoms with Gasteiger partial charge in [-0.2, -0.15) is 0 Å². The molecular formula is C14H20N2O2S2. The lowest BCUT2D eigenvalue weighted by Gasteiger charge is -2.16. The molecule has 0 saturated carbocycles. The Balaban J connectivity index is 2.71. The molecule has 110 valence electrons. The zero-order valence-corrected chi connectivity index (χ0v) is 13.8. The molecule has 0 bridgehead atoms. The van der Waals surface area contributed by atoms with Crippen molar-refractivity contribution in [2.24, 2.45) is 5.92 Å². The van der Waals surface area contributed by atoms with Crippen molar-refractivity contribution in [1.29, 1.82) is 0 Å². The van der Waals surface area contributed by atoms with E-state index >= 15 is 0 Å². The zero-order valence-electron chi connectivity index (χ0n) is 12.2. The first kappa shape index (κ1) is 15.3. The van der Waals surface area contributed by atoms with Crippen molar-refractivity contribution in [3.8, 4) is 0 Å². The van der Waals surface area contributed by atoms with Gasteiger partial charge in [0.15, 0.2) is 14.6 Å². The number of hydrogen-bond donors (Lipinski definition) is 1. The van der Waals surface area contributed by atoms with Gasteiger partial charge in [-0.3, -0.25) is 0 Å². The van der Waals surface area contributed by atoms with Crippen LogP contribution in [0.5, 0.6) is 0 Å². The minimum atomic E-state index is -3.27. The first-order valence-electron chi connectivity index (χ1n) is 6.65. The average molecular weight is 312 g/mol. The highest BCUT2D eigenvalue weighted by Crippen LogP contribution is 2.27. The van der Waals surface area contributed by atoms with Crippen LogP contribution in [0.1, 0.15) is 33.2 Å². The minimum Gasteiger partial charge on any atom is -0.329 e. The molecule has 0 amide bonds. The Morgan fingerprint density at radius 3 is 2.50 bits per heavy atom. The summed E-state index contributed by atoms with van der Waals surface area (Å²) in [4.78, 5) is 3.36. The molecule has 1 heterocycles. The first-order chi connectivity index (χ1) is 9.21. The lowest BCUT2D eigenvalue weighted by atomic mass is 10.1. The molecule has 1 aromatic heterocycles. The summed E-state index contributed by atoms with van der Waals surface area (Å²) in [5.41, 5.74) is 1.46. The Bertz CT molecular complexity index is 785. The number of nitrogens with one attached hydrogen (secondary N) is 1. The molecule has 0 radical (unpaired) electrons. The van der Waals surface area contributed by atoms with Gasteiger partial charge in [0.25, 0.3) is 0 Å². The zero-order chi connectivity index (χ0) is 15.1. The highest BCUT2D eigenvalue weighted by atomic mass is 32.2. The standard InChI is InChI=1S/C14H20N2O2S2/c1-9(2)8-10(3)16-11-6-5-7-12(20(4,17)18)13(11)15-14(16)19/h5-7,9-10H,8H2,1-4H3,(H,15,19). The van der Waals surface area contributed by atoms with E-state index in [1.54, 1.807) is 12.1 Å². The summed E-state index contributed by atoms with van der Waals surface area (Å²) < 4.78 is 26.3. The average Bonchev–Trinajstić information content (AvgIpc) is 2.61. The van der Waals surface area contributed by atoms with Gasteiger partial charge in [0.2, 0.25) is 0 Å². The maximum absolute atomic E-state index is 11.9. The number of sulfone groups is 1. The lowest BCUT2D eigenvalue weighted by Crippen LogP contribution is -2.08. The molecule has 20 heavy (non-hydrogen) atoms. The van der Waals surface area contributed by atoms with E-state index in [1.807, 2.05) is 10.6 Å². The number of H-pyrrole nitrogens is 1. The number of nitrogens with zero attached hydrogens (tertiary/aromatic N) is 1. The second-order valence-corrected chi connectivity index (χ2v) is 8.07. The predicted octanol–water partition coefficient (Wildman–Crippen LogP) is 3.71. The second-order valence-electron chi connectivity index (χ2n) is 5.70. The second kappa shape index (κ2) is 5.33. The molecule has 4 nitrogen and oxygen atoms in total.